The van der Waals surface area contributed by atoms with Crippen LogP contribution < -0.4 is 15.1 Å². The van der Waals surface area contributed by atoms with Crippen LogP contribution in [0.15, 0.2) is 67.0 Å². The zero-order valence-electron chi connectivity index (χ0n) is 17.6. The fourth-order valence-electron chi connectivity index (χ4n) is 4.56. The molecular formula is C24H27N5OS. The van der Waals surface area contributed by atoms with Gasteiger partial charge in [-0.1, -0.05) is 6.07 Å². The standard InChI is InChI=1S/C24H27N5OS/c1-2-27-13-5-7-21(27)23-22(20-6-3-4-12-25-20)26-24(31)29(23)19-10-8-18(9-11-19)28-14-16-30-17-15-28/h3-13,22-23H,2,14-17H2,1H3,(H,26,31). The summed E-state index contributed by atoms with van der Waals surface area (Å²) in [6.45, 7) is 6.49. The van der Waals surface area contributed by atoms with Gasteiger partial charge in [0.2, 0.25) is 0 Å². The second kappa shape index (κ2) is 8.69. The second-order valence-electron chi connectivity index (χ2n) is 7.83. The molecular weight excluding hydrogens is 406 g/mol. The number of benzene rings is 1. The lowest BCUT2D eigenvalue weighted by Crippen LogP contribution is -2.36. The van der Waals surface area contributed by atoms with E-state index in [-0.39, 0.29) is 12.1 Å². The maximum atomic E-state index is 5.84. The molecule has 1 aromatic carbocycles. The zero-order valence-corrected chi connectivity index (χ0v) is 18.5. The summed E-state index contributed by atoms with van der Waals surface area (Å²) in [5, 5.41) is 4.27. The summed E-state index contributed by atoms with van der Waals surface area (Å²) >= 11 is 5.84. The van der Waals surface area contributed by atoms with E-state index in [0.29, 0.717) is 0 Å². The molecule has 2 saturated heterocycles. The van der Waals surface area contributed by atoms with Crippen LogP contribution in [-0.4, -0.2) is 41.0 Å². The molecule has 1 N–H and O–H groups in total. The summed E-state index contributed by atoms with van der Waals surface area (Å²) in [4.78, 5) is 9.24. The minimum absolute atomic E-state index is 0.0200. The number of morpholine rings is 1. The van der Waals surface area contributed by atoms with E-state index < -0.39 is 0 Å². The average molecular weight is 434 g/mol. The minimum atomic E-state index is -0.0205. The Hall–Kier alpha value is -2.90. The molecule has 0 saturated carbocycles. The van der Waals surface area contributed by atoms with Crippen LogP contribution >= 0.6 is 12.2 Å². The summed E-state index contributed by atoms with van der Waals surface area (Å²) in [6, 6.07) is 19.1. The quantitative estimate of drug-likeness (QED) is 0.616. The molecule has 0 amide bonds. The molecule has 0 radical (unpaired) electrons. The molecule has 7 heteroatoms. The predicted molar refractivity (Wildman–Crippen MR) is 128 cm³/mol. The Labute approximate surface area is 188 Å². The molecule has 5 rings (SSSR count). The van der Waals surface area contributed by atoms with Gasteiger partial charge in [0.05, 0.1) is 24.9 Å². The van der Waals surface area contributed by atoms with E-state index in [1.807, 2.05) is 18.3 Å². The number of thiocarbonyl (C=S) groups is 1. The molecule has 31 heavy (non-hydrogen) atoms. The lowest BCUT2D eigenvalue weighted by Gasteiger charge is -2.31. The van der Waals surface area contributed by atoms with Crippen LogP contribution in [0, 0.1) is 0 Å². The number of hydrogen-bond acceptors (Lipinski definition) is 4. The first-order chi connectivity index (χ1) is 15.3. The number of pyridine rings is 1. The van der Waals surface area contributed by atoms with Crippen molar-refractivity contribution in [2.45, 2.75) is 25.6 Å². The highest BCUT2D eigenvalue weighted by molar-refractivity contribution is 7.80. The van der Waals surface area contributed by atoms with E-state index in [0.717, 1.165) is 49.3 Å². The normalized spacial score (nSPS) is 21.4. The van der Waals surface area contributed by atoms with Crippen molar-refractivity contribution in [2.75, 3.05) is 36.1 Å². The number of anilines is 2. The van der Waals surface area contributed by atoms with Crippen molar-refractivity contribution in [3.63, 3.8) is 0 Å². The Bertz CT molecular complexity index is 1030. The van der Waals surface area contributed by atoms with Crippen LogP contribution in [0.1, 0.15) is 30.4 Å². The molecule has 2 unspecified atom stereocenters. The number of ether oxygens (including phenoxy) is 1. The second-order valence-corrected chi connectivity index (χ2v) is 8.22. The van der Waals surface area contributed by atoms with Crippen molar-refractivity contribution in [1.82, 2.24) is 14.9 Å². The molecule has 2 aromatic heterocycles. The Morgan fingerprint density at radius 1 is 1.03 bits per heavy atom. The SMILES string of the molecule is CCn1cccc1C1C(c2ccccn2)NC(=S)N1c1ccc(N2CCOCC2)cc1. The van der Waals surface area contributed by atoms with E-state index in [1.165, 1.54) is 11.4 Å². The van der Waals surface area contributed by atoms with Crippen molar-refractivity contribution in [3.05, 3.63) is 78.4 Å². The van der Waals surface area contributed by atoms with Gasteiger partial charge in [-0.2, -0.15) is 0 Å². The number of hydrogen-bond donors (Lipinski definition) is 1. The smallest absolute Gasteiger partial charge is 0.174 e. The van der Waals surface area contributed by atoms with E-state index in [1.54, 1.807) is 0 Å². The first kappa shape index (κ1) is 20.0. The van der Waals surface area contributed by atoms with E-state index in [9.17, 15) is 0 Å². The number of aromatic nitrogens is 2. The molecule has 6 nitrogen and oxygen atoms in total. The number of aryl methyl sites for hydroxylation is 1. The van der Waals surface area contributed by atoms with E-state index in [4.69, 9.17) is 17.0 Å². The van der Waals surface area contributed by atoms with Crippen molar-refractivity contribution in [1.29, 1.82) is 0 Å². The Balaban J connectivity index is 1.52. The lowest BCUT2D eigenvalue weighted by atomic mass is 10.0. The molecule has 0 aliphatic carbocycles. The van der Waals surface area contributed by atoms with Gasteiger partial charge in [0.15, 0.2) is 5.11 Å². The zero-order chi connectivity index (χ0) is 21.2. The molecule has 4 heterocycles. The van der Waals surface area contributed by atoms with Crippen LogP contribution in [0.3, 0.4) is 0 Å². The van der Waals surface area contributed by atoms with Crippen LogP contribution in [-0.2, 0) is 11.3 Å². The summed E-state index contributed by atoms with van der Waals surface area (Å²) in [5.74, 6) is 0. The average Bonchev–Trinajstić information content (AvgIpc) is 3.44. The Morgan fingerprint density at radius 3 is 2.52 bits per heavy atom. The topological polar surface area (TPSA) is 45.6 Å². The van der Waals surface area contributed by atoms with Gasteiger partial charge < -0.3 is 24.4 Å². The van der Waals surface area contributed by atoms with Crippen molar-refractivity contribution in [3.8, 4) is 0 Å². The highest BCUT2D eigenvalue weighted by atomic mass is 32.1. The fraction of sp³-hybridized carbons (Fsp3) is 0.333. The predicted octanol–water partition coefficient (Wildman–Crippen LogP) is 3.92. The molecule has 3 aromatic rings. The number of nitrogens with one attached hydrogen (secondary N) is 1. The van der Waals surface area contributed by atoms with Gasteiger partial charge in [0, 0.05) is 49.1 Å². The molecule has 0 spiro atoms. The van der Waals surface area contributed by atoms with Gasteiger partial charge in [0.1, 0.15) is 6.04 Å². The molecule has 2 fully saturated rings. The maximum absolute atomic E-state index is 5.84. The highest BCUT2D eigenvalue weighted by Crippen LogP contribution is 2.41. The molecule has 2 atom stereocenters. The van der Waals surface area contributed by atoms with Crippen LogP contribution in [0.2, 0.25) is 0 Å². The van der Waals surface area contributed by atoms with E-state index >= 15 is 0 Å². The summed E-state index contributed by atoms with van der Waals surface area (Å²) in [7, 11) is 0. The third-order valence-electron chi connectivity index (χ3n) is 6.11. The third kappa shape index (κ3) is 3.79. The number of nitrogens with zero attached hydrogens (tertiary/aromatic N) is 4. The first-order valence-electron chi connectivity index (χ1n) is 10.8. The summed E-state index contributed by atoms with van der Waals surface area (Å²) in [5.41, 5.74) is 4.52. The summed E-state index contributed by atoms with van der Waals surface area (Å²) in [6.07, 6.45) is 3.97. The van der Waals surface area contributed by atoms with Crippen molar-refractivity contribution >= 4 is 28.7 Å². The monoisotopic (exact) mass is 433 g/mol. The van der Waals surface area contributed by atoms with Gasteiger partial charge in [-0.3, -0.25) is 4.98 Å². The fourth-order valence-corrected chi connectivity index (χ4v) is 4.91. The maximum Gasteiger partial charge on any atom is 0.174 e. The van der Waals surface area contributed by atoms with Crippen LogP contribution in [0.25, 0.3) is 0 Å². The largest absolute Gasteiger partial charge is 0.378 e. The number of rotatable bonds is 5. The van der Waals surface area contributed by atoms with E-state index in [2.05, 4.69) is 80.3 Å². The molecule has 2 aliphatic heterocycles. The van der Waals surface area contributed by atoms with Gasteiger partial charge in [-0.25, -0.2) is 0 Å². The third-order valence-corrected chi connectivity index (χ3v) is 6.43. The van der Waals surface area contributed by atoms with Gasteiger partial charge in [0.25, 0.3) is 0 Å². The van der Waals surface area contributed by atoms with Crippen molar-refractivity contribution in [2.24, 2.45) is 0 Å². The van der Waals surface area contributed by atoms with Gasteiger partial charge in [-0.05, 0) is 67.7 Å². The lowest BCUT2D eigenvalue weighted by molar-refractivity contribution is 0.122. The Morgan fingerprint density at radius 2 is 1.81 bits per heavy atom. The summed E-state index contributed by atoms with van der Waals surface area (Å²) < 4.78 is 7.77. The Kier molecular flexibility index (Phi) is 5.61. The van der Waals surface area contributed by atoms with Crippen molar-refractivity contribution < 1.29 is 4.74 Å². The van der Waals surface area contributed by atoms with Crippen LogP contribution in [0.4, 0.5) is 11.4 Å². The van der Waals surface area contributed by atoms with Crippen LogP contribution in [0.5, 0.6) is 0 Å². The molecule has 160 valence electrons. The molecule has 2 aliphatic rings. The first-order valence-corrected chi connectivity index (χ1v) is 11.3. The molecule has 0 bridgehead atoms. The van der Waals surface area contributed by atoms with Gasteiger partial charge >= 0.3 is 0 Å². The minimum Gasteiger partial charge on any atom is -0.378 e. The van der Waals surface area contributed by atoms with Gasteiger partial charge in [-0.15, -0.1) is 0 Å². The highest BCUT2D eigenvalue weighted by Gasteiger charge is 2.41.